The van der Waals surface area contributed by atoms with Crippen LogP contribution in [0.15, 0.2) is 67.1 Å². The number of aromatic nitrogens is 5. The summed E-state index contributed by atoms with van der Waals surface area (Å²) in [4.78, 5) is 16.7. The lowest BCUT2D eigenvalue weighted by Gasteiger charge is -2.07. The molecule has 4 aromatic rings. The van der Waals surface area contributed by atoms with Crippen molar-refractivity contribution in [2.24, 2.45) is 0 Å². The third-order valence-corrected chi connectivity index (χ3v) is 4.56. The zero-order valence-corrected chi connectivity index (χ0v) is 16.4. The molecular formula is C22H22N6O. The summed E-state index contributed by atoms with van der Waals surface area (Å²) in [5, 5.41) is 11.7. The summed E-state index contributed by atoms with van der Waals surface area (Å²) < 4.78 is 3.60. The van der Waals surface area contributed by atoms with Gasteiger partial charge in [0.05, 0.1) is 29.5 Å². The van der Waals surface area contributed by atoms with Crippen molar-refractivity contribution in [3.63, 3.8) is 0 Å². The van der Waals surface area contributed by atoms with Crippen LogP contribution in [0.2, 0.25) is 0 Å². The Kier molecular flexibility index (Phi) is 5.20. The van der Waals surface area contributed by atoms with Crippen molar-refractivity contribution in [1.82, 2.24) is 24.5 Å². The van der Waals surface area contributed by atoms with Gasteiger partial charge in [0.2, 0.25) is 5.91 Å². The molecule has 0 aliphatic carbocycles. The highest BCUT2D eigenvalue weighted by Gasteiger charge is 2.08. The highest BCUT2D eigenvalue weighted by atomic mass is 16.1. The van der Waals surface area contributed by atoms with Crippen LogP contribution in [-0.4, -0.2) is 30.5 Å². The second-order valence-corrected chi connectivity index (χ2v) is 6.92. The molecule has 7 heteroatoms. The lowest BCUT2D eigenvalue weighted by Crippen LogP contribution is -2.12. The molecule has 0 spiro atoms. The number of pyridine rings is 1. The van der Waals surface area contributed by atoms with E-state index in [0.29, 0.717) is 18.5 Å². The fourth-order valence-corrected chi connectivity index (χ4v) is 3.14. The number of benzene rings is 1. The van der Waals surface area contributed by atoms with Gasteiger partial charge < -0.3 is 5.32 Å². The first-order valence-electron chi connectivity index (χ1n) is 9.47. The van der Waals surface area contributed by atoms with Crippen LogP contribution in [0, 0.1) is 13.8 Å². The van der Waals surface area contributed by atoms with E-state index < -0.39 is 0 Å². The normalized spacial score (nSPS) is 10.8. The van der Waals surface area contributed by atoms with Crippen molar-refractivity contribution in [2.45, 2.75) is 26.7 Å². The topological polar surface area (TPSA) is 77.6 Å². The van der Waals surface area contributed by atoms with E-state index in [9.17, 15) is 4.79 Å². The van der Waals surface area contributed by atoms with Crippen molar-refractivity contribution < 1.29 is 4.79 Å². The van der Waals surface area contributed by atoms with E-state index >= 15 is 0 Å². The maximum Gasteiger partial charge on any atom is 0.224 e. The van der Waals surface area contributed by atoms with E-state index in [-0.39, 0.29) is 5.91 Å². The van der Waals surface area contributed by atoms with Crippen LogP contribution in [0.3, 0.4) is 0 Å². The first-order valence-corrected chi connectivity index (χ1v) is 9.47. The molecule has 0 atom stereocenters. The number of carbonyl (C=O) groups excluding carboxylic acids is 1. The maximum atomic E-state index is 12.3. The van der Waals surface area contributed by atoms with Crippen molar-refractivity contribution >= 4 is 11.6 Å². The fraction of sp³-hybridized carbons (Fsp3) is 0.182. The zero-order valence-electron chi connectivity index (χ0n) is 16.4. The molecular weight excluding hydrogens is 364 g/mol. The summed E-state index contributed by atoms with van der Waals surface area (Å²) in [6, 6.07) is 15.6. The van der Waals surface area contributed by atoms with Gasteiger partial charge in [0.1, 0.15) is 0 Å². The lowest BCUT2D eigenvalue weighted by atomic mass is 10.2. The van der Waals surface area contributed by atoms with Crippen LogP contribution in [-0.2, 0) is 11.2 Å². The quantitative estimate of drug-likeness (QED) is 0.549. The van der Waals surface area contributed by atoms with Crippen LogP contribution in [0.4, 0.5) is 5.69 Å². The summed E-state index contributed by atoms with van der Waals surface area (Å²) in [7, 11) is 0. The Morgan fingerprint density at radius 1 is 1.07 bits per heavy atom. The first kappa shape index (κ1) is 18.6. The summed E-state index contributed by atoms with van der Waals surface area (Å²) in [5.41, 5.74) is 4.64. The SMILES string of the molecule is Cc1cc(C)n(-c2ccc(NC(=O)CCc3cnn(-c4ccccc4)c3)cn2)n1. The largest absolute Gasteiger partial charge is 0.325 e. The molecule has 3 heterocycles. The second-order valence-electron chi connectivity index (χ2n) is 6.92. The number of amides is 1. The zero-order chi connectivity index (χ0) is 20.2. The molecule has 7 nitrogen and oxygen atoms in total. The number of rotatable bonds is 6. The Hall–Kier alpha value is -3.74. The Bertz CT molecular complexity index is 1110. The monoisotopic (exact) mass is 386 g/mol. The number of carbonyl (C=O) groups is 1. The second kappa shape index (κ2) is 8.10. The number of nitrogens with one attached hydrogen (secondary N) is 1. The third kappa shape index (κ3) is 4.40. The first-order chi connectivity index (χ1) is 14.1. The van der Waals surface area contributed by atoms with Gasteiger partial charge in [-0.05, 0) is 56.2 Å². The Morgan fingerprint density at radius 3 is 2.59 bits per heavy atom. The predicted octanol–water partition coefficient (Wildman–Crippen LogP) is 3.64. The molecule has 29 heavy (non-hydrogen) atoms. The van der Waals surface area contributed by atoms with Crippen LogP contribution >= 0.6 is 0 Å². The summed E-state index contributed by atoms with van der Waals surface area (Å²) in [6.45, 7) is 3.93. The van der Waals surface area contributed by atoms with Crippen LogP contribution < -0.4 is 5.32 Å². The molecule has 0 saturated heterocycles. The minimum absolute atomic E-state index is 0.0573. The van der Waals surface area contributed by atoms with Crippen LogP contribution in [0.25, 0.3) is 11.5 Å². The molecule has 0 unspecified atom stereocenters. The molecule has 0 saturated carbocycles. The number of hydrogen-bond acceptors (Lipinski definition) is 4. The van der Waals surface area contributed by atoms with Crippen LogP contribution in [0.1, 0.15) is 23.4 Å². The highest BCUT2D eigenvalue weighted by molar-refractivity contribution is 5.90. The molecule has 0 aliphatic heterocycles. The molecule has 0 radical (unpaired) electrons. The predicted molar refractivity (Wildman–Crippen MR) is 111 cm³/mol. The van der Waals surface area contributed by atoms with E-state index in [4.69, 9.17) is 0 Å². The third-order valence-electron chi connectivity index (χ3n) is 4.56. The van der Waals surface area contributed by atoms with E-state index in [1.54, 1.807) is 17.1 Å². The molecule has 1 aromatic carbocycles. The van der Waals surface area contributed by atoms with Crippen LogP contribution in [0.5, 0.6) is 0 Å². The average molecular weight is 386 g/mol. The summed E-state index contributed by atoms with van der Waals surface area (Å²) in [6.07, 6.45) is 6.39. The number of aryl methyl sites for hydroxylation is 3. The molecule has 3 aromatic heterocycles. The molecule has 4 rings (SSSR count). The van der Waals surface area contributed by atoms with Gasteiger partial charge in [0, 0.05) is 18.3 Å². The lowest BCUT2D eigenvalue weighted by molar-refractivity contribution is -0.116. The van der Waals surface area contributed by atoms with E-state index in [1.807, 2.05) is 73.3 Å². The van der Waals surface area contributed by atoms with Crippen molar-refractivity contribution in [2.75, 3.05) is 5.32 Å². The number of anilines is 1. The smallest absolute Gasteiger partial charge is 0.224 e. The number of nitrogens with zero attached hydrogens (tertiary/aromatic N) is 5. The average Bonchev–Trinajstić information content (AvgIpc) is 3.34. The fourth-order valence-electron chi connectivity index (χ4n) is 3.14. The van der Waals surface area contributed by atoms with E-state index in [1.165, 1.54) is 0 Å². The van der Waals surface area contributed by atoms with Gasteiger partial charge in [-0.15, -0.1) is 0 Å². The standard InChI is InChI=1S/C22H22N6O/c1-16-12-17(2)28(26-16)21-10-9-19(14-23-21)25-22(29)11-8-18-13-24-27(15-18)20-6-4-3-5-7-20/h3-7,9-10,12-15H,8,11H2,1-2H3,(H,25,29). The van der Waals surface area contributed by atoms with Crippen molar-refractivity contribution in [1.29, 1.82) is 0 Å². The van der Waals surface area contributed by atoms with Gasteiger partial charge in [-0.1, -0.05) is 18.2 Å². The van der Waals surface area contributed by atoms with Gasteiger partial charge in [-0.2, -0.15) is 10.2 Å². The number of hydrogen-bond donors (Lipinski definition) is 1. The van der Waals surface area contributed by atoms with Crippen molar-refractivity contribution in [3.05, 3.63) is 84.1 Å². The van der Waals surface area contributed by atoms with Crippen molar-refractivity contribution in [3.8, 4) is 11.5 Å². The Morgan fingerprint density at radius 2 is 1.90 bits per heavy atom. The van der Waals surface area contributed by atoms with E-state index in [2.05, 4.69) is 20.5 Å². The molecule has 0 fully saturated rings. The minimum atomic E-state index is -0.0573. The van der Waals surface area contributed by atoms with E-state index in [0.717, 1.165) is 28.5 Å². The summed E-state index contributed by atoms with van der Waals surface area (Å²) >= 11 is 0. The molecule has 0 bridgehead atoms. The molecule has 146 valence electrons. The molecule has 0 aliphatic rings. The summed E-state index contributed by atoms with van der Waals surface area (Å²) in [5.74, 6) is 0.667. The van der Waals surface area contributed by atoms with Gasteiger partial charge in [0.15, 0.2) is 5.82 Å². The maximum absolute atomic E-state index is 12.3. The van der Waals surface area contributed by atoms with Gasteiger partial charge >= 0.3 is 0 Å². The molecule has 1 amide bonds. The van der Waals surface area contributed by atoms with Gasteiger partial charge in [-0.25, -0.2) is 14.3 Å². The number of para-hydroxylation sites is 1. The highest BCUT2D eigenvalue weighted by Crippen LogP contribution is 2.14. The minimum Gasteiger partial charge on any atom is -0.325 e. The Labute approximate surface area is 169 Å². The van der Waals surface area contributed by atoms with Gasteiger partial charge in [0.25, 0.3) is 0 Å². The Balaban J connectivity index is 1.33. The van der Waals surface area contributed by atoms with Gasteiger partial charge in [-0.3, -0.25) is 4.79 Å². The molecule has 1 N–H and O–H groups in total.